The molecule has 0 aromatic rings. The molecule has 0 nitrogen and oxygen atoms in total. The maximum atomic E-state index is 2.89. The molecule has 6 heteroatoms. The third-order valence-electron chi connectivity index (χ3n) is 8.72. The van der Waals surface area contributed by atoms with Crippen LogP contribution in [0.1, 0.15) is 51.4 Å². The molecule has 4 rings (SSSR count). The van der Waals surface area contributed by atoms with Crippen molar-refractivity contribution in [2.75, 3.05) is 0 Å². The van der Waals surface area contributed by atoms with E-state index in [1.165, 1.54) is 51.4 Å². The van der Waals surface area contributed by atoms with Gasteiger partial charge in [-0.1, -0.05) is 0 Å². The van der Waals surface area contributed by atoms with E-state index in [0.29, 0.717) is 0 Å². The molecule has 182 valence electrons. The second kappa shape index (κ2) is 9.41. The van der Waals surface area contributed by atoms with Gasteiger partial charge in [0, 0.05) is 0 Å². The van der Waals surface area contributed by atoms with Gasteiger partial charge >= 0.3 is 192 Å². The molecule has 0 spiro atoms. The molecular formula is C26H48Cl2Si3Ti. The SMILES string of the molecule is C[Si](C)(C)C1=CC2=C(CCCC2)[CH]1[Ti]([CH3])([CH3])(=[SiH2])[CH]1C([Si](C)(C)C)=CC2=C1CCCC2.Cl.Cl. The van der Waals surface area contributed by atoms with Gasteiger partial charge in [-0.3, -0.25) is 0 Å². The molecule has 0 fully saturated rings. The minimum atomic E-state index is -2.96. The van der Waals surface area contributed by atoms with Crippen molar-refractivity contribution in [2.45, 2.75) is 110 Å². The standard InChI is InChI=1S/2C12H19Si.2CH3.2ClH.H2Si.Ti/c2*1-13(2,3)12-8-10-6-4-5-7-11(10)9-12;;;;;;/h2*8-9H,4-7H2,1-3H3;2*1H3;2*1H;1H2;. The van der Waals surface area contributed by atoms with E-state index in [1.54, 1.807) is 11.1 Å². The first kappa shape index (κ1) is 29.1. The normalized spacial score (nSPS) is 26.7. The Balaban J connectivity index is 0.00000181. The average Bonchev–Trinajstić information content (AvgIpc) is 3.21. The van der Waals surface area contributed by atoms with E-state index in [1.807, 2.05) is 21.5 Å². The van der Waals surface area contributed by atoms with E-state index in [4.69, 9.17) is 0 Å². The van der Waals surface area contributed by atoms with E-state index >= 15 is 0 Å². The second-order valence-corrected chi connectivity index (χ2v) is 44.3. The number of halogens is 2. The Labute approximate surface area is 215 Å². The van der Waals surface area contributed by atoms with Crippen molar-refractivity contribution in [3.05, 3.63) is 44.8 Å². The van der Waals surface area contributed by atoms with E-state index in [9.17, 15) is 0 Å². The summed E-state index contributed by atoms with van der Waals surface area (Å²) in [5, 5.41) is 9.68. The zero-order valence-corrected chi connectivity index (χ0v) is 28.6. The molecule has 0 heterocycles. The smallest absolute Gasteiger partial charge is 0.147 e. The van der Waals surface area contributed by atoms with Crippen molar-refractivity contribution in [1.29, 1.82) is 0 Å². The van der Waals surface area contributed by atoms with Crippen molar-refractivity contribution >= 4 is 48.6 Å². The molecule has 2 unspecified atom stereocenters. The molecule has 4 aliphatic rings. The van der Waals surface area contributed by atoms with E-state index in [2.05, 4.69) is 69.5 Å². The molecule has 0 bridgehead atoms. The maximum Gasteiger partial charge on any atom is -0.147 e. The van der Waals surface area contributed by atoms with Crippen LogP contribution in [0, 0.1) is 0 Å². The molecule has 4 aliphatic carbocycles. The fraction of sp³-hybridized carbons (Fsp3) is 0.692. The quantitative estimate of drug-likeness (QED) is 0.299. The Morgan fingerprint density at radius 2 is 0.969 bits per heavy atom. The monoisotopic (exact) mass is 562 g/mol. The average molecular weight is 564 g/mol. The minimum absolute atomic E-state index is 0. The van der Waals surface area contributed by atoms with Gasteiger partial charge in [0.1, 0.15) is 0 Å². The van der Waals surface area contributed by atoms with E-state index in [0.717, 1.165) is 8.45 Å². The van der Waals surface area contributed by atoms with Gasteiger partial charge in [-0.2, -0.15) is 0 Å². The van der Waals surface area contributed by atoms with E-state index in [-0.39, 0.29) is 24.8 Å². The first-order valence-corrected chi connectivity index (χ1v) is 28.6. The molecular weight excluding hydrogens is 515 g/mol. The molecule has 0 aliphatic heterocycles. The molecule has 2 atom stereocenters. The zero-order valence-electron chi connectivity index (χ0n) is 22.0. The summed E-state index contributed by atoms with van der Waals surface area (Å²) < 4.78 is 1.70. The summed E-state index contributed by atoms with van der Waals surface area (Å²) in [4.78, 5) is 0. The summed E-state index contributed by atoms with van der Waals surface area (Å²) in [6, 6.07) is 0. The summed E-state index contributed by atoms with van der Waals surface area (Å²) in [5.41, 5.74) is 7.47. The van der Waals surface area contributed by atoms with Gasteiger partial charge < -0.3 is 0 Å². The Morgan fingerprint density at radius 3 is 1.28 bits per heavy atom. The predicted octanol–water partition coefficient (Wildman–Crippen LogP) is 9.12. The van der Waals surface area contributed by atoms with Crippen LogP contribution in [-0.2, 0) is 14.0 Å². The van der Waals surface area contributed by atoms with Crippen molar-refractivity contribution in [1.82, 2.24) is 0 Å². The summed E-state index contributed by atoms with van der Waals surface area (Å²) in [6.45, 7) is 15.8. The number of hydrogen-bond donors (Lipinski definition) is 0. The Kier molecular flexibility index (Phi) is 8.57. The number of allylic oxidation sites excluding steroid dienone is 8. The first-order valence-electron chi connectivity index (χ1n) is 12.7. The summed E-state index contributed by atoms with van der Waals surface area (Å²) in [5.74, 6) is 0. The number of rotatable bonds is 4. The molecule has 0 aromatic heterocycles. The largest absolute Gasteiger partial charge is 0.147 e. The van der Waals surface area contributed by atoms with Crippen LogP contribution in [0.15, 0.2) is 44.8 Å². The van der Waals surface area contributed by atoms with Crippen LogP contribution >= 0.6 is 24.8 Å². The molecule has 0 amide bonds. The fourth-order valence-corrected chi connectivity index (χ4v) is 32.8. The van der Waals surface area contributed by atoms with Crippen molar-refractivity contribution in [3.8, 4) is 0 Å². The van der Waals surface area contributed by atoms with Crippen LogP contribution in [0.2, 0.25) is 58.2 Å². The summed E-state index contributed by atoms with van der Waals surface area (Å²) in [6.07, 6.45) is 16.8. The number of hydrogen-bond acceptors (Lipinski definition) is 0. The van der Waals surface area contributed by atoms with Gasteiger partial charge in [-0.25, -0.2) is 0 Å². The second-order valence-electron chi connectivity index (χ2n) is 14.0. The van der Waals surface area contributed by atoms with Gasteiger partial charge in [0.15, 0.2) is 0 Å². The van der Waals surface area contributed by atoms with Gasteiger partial charge in [0.2, 0.25) is 0 Å². The van der Waals surface area contributed by atoms with Gasteiger partial charge in [0.05, 0.1) is 0 Å². The van der Waals surface area contributed by atoms with Crippen LogP contribution in [0.4, 0.5) is 0 Å². The zero-order chi connectivity index (χ0) is 22.1. The Bertz CT molecular complexity index is 892. The maximum absolute atomic E-state index is 2.96. The fourth-order valence-electron chi connectivity index (χ4n) is 7.44. The Hall–Kier alpha value is 0.905. The van der Waals surface area contributed by atoms with Crippen molar-refractivity contribution in [2.24, 2.45) is 0 Å². The molecule has 0 radical (unpaired) electrons. The Morgan fingerprint density at radius 1 is 0.656 bits per heavy atom. The molecule has 0 aromatic carbocycles. The predicted molar refractivity (Wildman–Crippen MR) is 156 cm³/mol. The van der Waals surface area contributed by atoms with Crippen LogP contribution in [0.5, 0.6) is 0 Å². The van der Waals surface area contributed by atoms with Crippen LogP contribution in [0.3, 0.4) is 0 Å². The molecule has 0 N–H and O–H groups in total. The minimum Gasteiger partial charge on any atom is -0.147 e. The third-order valence-corrected chi connectivity index (χ3v) is 25.3. The van der Waals surface area contributed by atoms with Crippen molar-refractivity contribution in [3.63, 3.8) is 0 Å². The van der Waals surface area contributed by atoms with Crippen LogP contribution in [0.25, 0.3) is 0 Å². The summed E-state index contributed by atoms with van der Waals surface area (Å²) in [7, 11) is -0.103. The summed E-state index contributed by atoms with van der Waals surface area (Å²) >= 11 is -2.96. The van der Waals surface area contributed by atoms with Gasteiger partial charge in [-0.05, 0) is 0 Å². The topological polar surface area (TPSA) is 0 Å². The van der Waals surface area contributed by atoms with Crippen LogP contribution < -0.4 is 0 Å². The molecule has 32 heavy (non-hydrogen) atoms. The van der Waals surface area contributed by atoms with Crippen LogP contribution in [-0.4, -0.2) is 23.8 Å². The molecule has 0 saturated heterocycles. The first-order chi connectivity index (χ1) is 13.7. The van der Waals surface area contributed by atoms with Crippen molar-refractivity contribution < 1.29 is 14.0 Å². The molecule has 0 saturated carbocycles. The van der Waals surface area contributed by atoms with Gasteiger partial charge in [-0.15, -0.1) is 24.8 Å². The van der Waals surface area contributed by atoms with E-state index < -0.39 is 30.2 Å². The third kappa shape index (κ3) is 4.93. The van der Waals surface area contributed by atoms with Gasteiger partial charge in [0.25, 0.3) is 0 Å².